The van der Waals surface area contributed by atoms with E-state index in [2.05, 4.69) is 48.3 Å². The molecule has 1 saturated heterocycles. The molecule has 0 aliphatic carbocycles. The predicted octanol–water partition coefficient (Wildman–Crippen LogP) is 4.44. The van der Waals surface area contributed by atoms with Crippen LogP contribution < -0.4 is 10.9 Å². The highest BCUT2D eigenvalue weighted by Crippen LogP contribution is 2.17. The van der Waals surface area contributed by atoms with Crippen LogP contribution in [0.1, 0.15) is 49.1 Å². The van der Waals surface area contributed by atoms with Crippen LogP contribution in [0.2, 0.25) is 0 Å². The number of rotatable bonds is 8. The number of hydrogen-bond acceptors (Lipinski definition) is 3. The van der Waals surface area contributed by atoms with Crippen LogP contribution in [-0.2, 0) is 26.6 Å². The predicted molar refractivity (Wildman–Crippen MR) is 136 cm³/mol. The van der Waals surface area contributed by atoms with Crippen LogP contribution in [-0.4, -0.2) is 33.4 Å². The van der Waals surface area contributed by atoms with E-state index < -0.39 is 0 Å². The van der Waals surface area contributed by atoms with Crippen molar-refractivity contribution in [3.63, 3.8) is 0 Å². The van der Waals surface area contributed by atoms with Crippen molar-refractivity contribution in [3.05, 3.63) is 87.3 Å². The molecule has 1 aliphatic rings. The van der Waals surface area contributed by atoms with Crippen molar-refractivity contribution in [2.24, 2.45) is 13.0 Å². The maximum atomic E-state index is 13.2. The Morgan fingerprint density at radius 3 is 2.42 bits per heavy atom. The van der Waals surface area contributed by atoms with Gasteiger partial charge in [-0.15, -0.1) is 0 Å². The van der Waals surface area contributed by atoms with Gasteiger partial charge >= 0.3 is 0 Å². The minimum absolute atomic E-state index is 0.0721. The van der Waals surface area contributed by atoms with Gasteiger partial charge < -0.3 is 5.32 Å². The van der Waals surface area contributed by atoms with Gasteiger partial charge in [-0.25, -0.2) is 4.68 Å². The molecule has 1 unspecified atom stereocenters. The minimum Gasteiger partial charge on any atom is -0.308 e. The molecule has 1 aromatic heterocycles. The standard InChI is InChI=1S/C28H38N4O/c1-21(2)17-23-12-14-24(15-13-23)19-31-16-8-9-25(20-31)29-18-27-22(3)30(4)32(28(27)33)26-10-6-5-7-11-26/h5-7,10-15,21,25,29H,8-9,16-20H2,1-4H3. The molecule has 4 rings (SSSR count). The molecular weight excluding hydrogens is 408 g/mol. The molecule has 2 heterocycles. The van der Waals surface area contributed by atoms with Gasteiger partial charge in [0.1, 0.15) is 0 Å². The maximum Gasteiger partial charge on any atom is 0.276 e. The van der Waals surface area contributed by atoms with E-state index in [-0.39, 0.29) is 5.56 Å². The molecule has 3 aromatic rings. The molecule has 1 aliphatic heterocycles. The summed E-state index contributed by atoms with van der Waals surface area (Å²) in [6.07, 6.45) is 3.48. The van der Waals surface area contributed by atoms with Crippen LogP contribution in [0.25, 0.3) is 5.69 Å². The lowest BCUT2D eigenvalue weighted by atomic mass is 10.0. The number of piperidine rings is 1. The third kappa shape index (κ3) is 5.66. The number of benzene rings is 2. The third-order valence-corrected chi connectivity index (χ3v) is 6.82. The normalized spacial score (nSPS) is 17.1. The summed E-state index contributed by atoms with van der Waals surface area (Å²) in [4.78, 5) is 15.7. The lowest BCUT2D eigenvalue weighted by molar-refractivity contribution is 0.182. The van der Waals surface area contributed by atoms with Gasteiger partial charge in [0.25, 0.3) is 5.56 Å². The Morgan fingerprint density at radius 2 is 1.73 bits per heavy atom. The molecule has 1 atom stereocenters. The quantitative estimate of drug-likeness (QED) is 0.556. The molecule has 33 heavy (non-hydrogen) atoms. The Kier molecular flexibility index (Phi) is 7.51. The highest BCUT2D eigenvalue weighted by atomic mass is 16.1. The molecule has 5 heteroatoms. The second kappa shape index (κ2) is 10.5. The first-order chi connectivity index (χ1) is 15.9. The Morgan fingerprint density at radius 1 is 1.03 bits per heavy atom. The van der Waals surface area contributed by atoms with E-state index in [0.29, 0.717) is 18.5 Å². The first-order valence-electron chi connectivity index (χ1n) is 12.3. The Hall–Kier alpha value is -2.63. The molecule has 0 saturated carbocycles. The van der Waals surface area contributed by atoms with E-state index in [0.717, 1.165) is 49.4 Å². The summed E-state index contributed by atoms with van der Waals surface area (Å²) in [6, 6.07) is 19.4. The SMILES string of the molecule is Cc1c(CNC2CCCN(Cc3ccc(CC(C)C)cc3)C2)c(=O)n(-c2ccccc2)n1C. The topological polar surface area (TPSA) is 42.2 Å². The van der Waals surface area contributed by atoms with E-state index in [4.69, 9.17) is 0 Å². The smallest absolute Gasteiger partial charge is 0.276 e. The number of para-hydroxylation sites is 1. The summed E-state index contributed by atoms with van der Waals surface area (Å²) in [5.74, 6) is 0.690. The van der Waals surface area contributed by atoms with Gasteiger partial charge in [-0.2, -0.15) is 0 Å². The van der Waals surface area contributed by atoms with E-state index in [1.165, 1.54) is 17.5 Å². The lowest BCUT2D eigenvalue weighted by Gasteiger charge is -2.33. The Bertz CT molecular complexity index is 1100. The number of nitrogens with zero attached hydrogens (tertiary/aromatic N) is 3. The molecule has 0 radical (unpaired) electrons. The van der Waals surface area contributed by atoms with E-state index in [1.54, 1.807) is 4.68 Å². The summed E-state index contributed by atoms with van der Waals surface area (Å²) >= 11 is 0. The van der Waals surface area contributed by atoms with Gasteiger partial charge in [-0.05, 0) is 61.9 Å². The first-order valence-corrected chi connectivity index (χ1v) is 12.3. The van der Waals surface area contributed by atoms with Crippen LogP contribution in [0.15, 0.2) is 59.4 Å². The number of likely N-dealkylation sites (tertiary alicyclic amines) is 1. The molecule has 0 amide bonds. The van der Waals surface area contributed by atoms with E-state index in [9.17, 15) is 4.79 Å². The van der Waals surface area contributed by atoms with Gasteiger partial charge in [0.2, 0.25) is 0 Å². The molecule has 2 aromatic carbocycles. The average molecular weight is 447 g/mol. The second-order valence-corrected chi connectivity index (χ2v) is 9.91. The molecule has 0 spiro atoms. The number of aromatic nitrogens is 2. The van der Waals surface area contributed by atoms with Crippen LogP contribution in [0.4, 0.5) is 0 Å². The monoisotopic (exact) mass is 446 g/mol. The summed E-state index contributed by atoms with van der Waals surface area (Å²) in [5.41, 5.74) is 5.66. The summed E-state index contributed by atoms with van der Waals surface area (Å²) in [6.45, 7) is 10.3. The first kappa shape index (κ1) is 23.5. The van der Waals surface area contributed by atoms with E-state index in [1.807, 2.05) is 49.0 Å². The lowest BCUT2D eigenvalue weighted by Crippen LogP contribution is -2.45. The Balaban J connectivity index is 1.37. The molecule has 1 fully saturated rings. The highest BCUT2D eigenvalue weighted by molar-refractivity contribution is 5.33. The van der Waals surface area contributed by atoms with Crippen LogP contribution in [0.3, 0.4) is 0 Å². The fourth-order valence-electron chi connectivity index (χ4n) is 4.95. The van der Waals surface area contributed by atoms with Gasteiger partial charge in [0.15, 0.2) is 0 Å². The van der Waals surface area contributed by atoms with Gasteiger partial charge in [-0.1, -0.05) is 56.3 Å². The van der Waals surface area contributed by atoms with Crippen LogP contribution in [0, 0.1) is 12.8 Å². The van der Waals surface area contributed by atoms with Crippen molar-refractivity contribution in [2.75, 3.05) is 13.1 Å². The largest absolute Gasteiger partial charge is 0.308 e. The fraction of sp³-hybridized carbons (Fsp3) is 0.464. The van der Waals surface area contributed by atoms with Gasteiger partial charge in [-0.3, -0.25) is 14.4 Å². The van der Waals surface area contributed by atoms with Gasteiger partial charge in [0.05, 0.1) is 11.3 Å². The van der Waals surface area contributed by atoms with Crippen molar-refractivity contribution >= 4 is 0 Å². The van der Waals surface area contributed by atoms with Crippen molar-refractivity contribution in [3.8, 4) is 5.69 Å². The molecule has 0 bridgehead atoms. The number of nitrogens with one attached hydrogen (secondary N) is 1. The van der Waals surface area contributed by atoms with Crippen molar-refractivity contribution in [2.45, 2.75) is 59.2 Å². The Labute approximate surface area is 198 Å². The summed E-state index contributed by atoms with van der Waals surface area (Å²) in [5, 5.41) is 3.69. The zero-order chi connectivity index (χ0) is 23.4. The third-order valence-electron chi connectivity index (χ3n) is 6.82. The van der Waals surface area contributed by atoms with Crippen LogP contribution in [0.5, 0.6) is 0 Å². The van der Waals surface area contributed by atoms with Crippen molar-refractivity contribution < 1.29 is 0 Å². The van der Waals surface area contributed by atoms with Gasteiger partial charge in [0, 0.05) is 38.4 Å². The molecule has 176 valence electrons. The number of hydrogen-bond donors (Lipinski definition) is 1. The zero-order valence-electron chi connectivity index (χ0n) is 20.6. The van der Waals surface area contributed by atoms with Crippen molar-refractivity contribution in [1.29, 1.82) is 0 Å². The molecule has 5 nitrogen and oxygen atoms in total. The molecule has 1 N–H and O–H groups in total. The summed E-state index contributed by atoms with van der Waals surface area (Å²) < 4.78 is 3.73. The van der Waals surface area contributed by atoms with E-state index >= 15 is 0 Å². The average Bonchev–Trinajstić information content (AvgIpc) is 3.02. The fourth-order valence-corrected chi connectivity index (χ4v) is 4.95. The molecular formula is C28H38N4O. The van der Waals surface area contributed by atoms with Crippen LogP contribution >= 0.6 is 0 Å². The minimum atomic E-state index is 0.0721. The maximum absolute atomic E-state index is 13.2. The van der Waals surface area contributed by atoms with Crippen molar-refractivity contribution in [1.82, 2.24) is 19.6 Å². The zero-order valence-corrected chi connectivity index (χ0v) is 20.6. The summed E-state index contributed by atoms with van der Waals surface area (Å²) in [7, 11) is 1.96. The second-order valence-electron chi connectivity index (χ2n) is 9.91. The highest BCUT2D eigenvalue weighted by Gasteiger charge is 2.22.